The lowest BCUT2D eigenvalue weighted by atomic mass is 10.1. The Balaban J connectivity index is 1.96. The molecule has 0 aliphatic rings. The third-order valence-corrected chi connectivity index (χ3v) is 3.92. The van der Waals surface area contributed by atoms with Crippen LogP contribution in [0.5, 0.6) is 0 Å². The van der Waals surface area contributed by atoms with Crippen LogP contribution in [0.3, 0.4) is 0 Å². The van der Waals surface area contributed by atoms with Gasteiger partial charge in [-0.05, 0) is 25.3 Å². The molecule has 1 amide bonds. The first-order valence-corrected chi connectivity index (χ1v) is 7.38. The highest BCUT2D eigenvalue weighted by atomic mass is 32.1. The zero-order valence-corrected chi connectivity index (χ0v) is 12.4. The Morgan fingerprint density at radius 3 is 2.62 bits per heavy atom. The molecule has 0 saturated carbocycles. The van der Waals surface area contributed by atoms with Crippen molar-refractivity contribution in [1.29, 1.82) is 0 Å². The van der Waals surface area contributed by atoms with Crippen LogP contribution in [0.1, 0.15) is 26.7 Å². The maximum absolute atomic E-state index is 12.0. The Morgan fingerprint density at radius 2 is 2.05 bits per heavy atom. The second kappa shape index (κ2) is 6.99. The molecule has 0 aliphatic carbocycles. The number of carboxylic acids is 1. The zero-order chi connectivity index (χ0) is 15.2. The molecule has 1 aromatic carbocycles. The summed E-state index contributed by atoms with van der Waals surface area (Å²) in [5.74, 6) is -1.42. The van der Waals surface area contributed by atoms with Gasteiger partial charge in [-0.3, -0.25) is 4.79 Å². The molecule has 0 fully saturated rings. The minimum atomic E-state index is -1.03. The first kappa shape index (κ1) is 15.2. The van der Waals surface area contributed by atoms with Crippen LogP contribution in [-0.4, -0.2) is 28.0 Å². The van der Waals surface area contributed by atoms with Gasteiger partial charge in [0.1, 0.15) is 10.9 Å². The Labute approximate surface area is 126 Å². The second-order valence-electron chi connectivity index (χ2n) is 4.63. The van der Waals surface area contributed by atoms with E-state index in [0.717, 1.165) is 10.6 Å². The third-order valence-electron chi connectivity index (χ3n) is 3.01. The zero-order valence-electron chi connectivity index (χ0n) is 11.6. The molecule has 0 aliphatic heterocycles. The van der Waals surface area contributed by atoms with Crippen molar-refractivity contribution in [3.8, 4) is 0 Å². The van der Waals surface area contributed by atoms with Gasteiger partial charge in [0.05, 0.1) is 11.2 Å². The molecule has 110 valence electrons. The molecule has 1 heterocycles. The molecule has 1 atom stereocenters. The van der Waals surface area contributed by atoms with Crippen molar-refractivity contribution < 1.29 is 14.7 Å². The smallest absolute Gasteiger partial charge is 0.326 e. The molecule has 2 aromatic rings. The number of rotatable bonds is 6. The Hall–Kier alpha value is -2.21. The highest BCUT2D eigenvalue weighted by molar-refractivity contribution is 7.13. The number of aromatic nitrogens is 1. The molecule has 21 heavy (non-hydrogen) atoms. The summed E-state index contributed by atoms with van der Waals surface area (Å²) in [5, 5.41) is 12.5. The fraction of sp³-hybridized carbons (Fsp3) is 0.267. The van der Waals surface area contributed by atoms with E-state index in [1.54, 1.807) is 6.92 Å². The van der Waals surface area contributed by atoms with E-state index >= 15 is 0 Å². The summed E-state index contributed by atoms with van der Waals surface area (Å²) in [6.45, 7) is 1.80. The molecule has 0 spiro atoms. The van der Waals surface area contributed by atoms with Gasteiger partial charge >= 0.3 is 5.97 Å². The van der Waals surface area contributed by atoms with Crippen LogP contribution >= 0.6 is 11.3 Å². The molecule has 5 nitrogen and oxygen atoms in total. The number of aryl methyl sites for hydroxylation is 2. The van der Waals surface area contributed by atoms with Gasteiger partial charge in [-0.25, -0.2) is 9.78 Å². The van der Waals surface area contributed by atoms with E-state index in [1.165, 1.54) is 17.5 Å². The van der Waals surface area contributed by atoms with Crippen LogP contribution in [0, 0.1) is 6.92 Å². The molecular formula is C15H16N2O3S. The van der Waals surface area contributed by atoms with Crippen molar-refractivity contribution in [2.45, 2.75) is 25.8 Å². The SMILES string of the molecule is Cc1ncc(C(=O)N[C@@H](CCc2ccccc2)C(=O)O)s1. The summed E-state index contributed by atoms with van der Waals surface area (Å²) in [7, 11) is 0. The number of nitrogens with zero attached hydrogens (tertiary/aromatic N) is 1. The van der Waals surface area contributed by atoms with Crippen LogP contribution in [0.2, 0.25) is 0 Å². The summed E-state index contributed by atoms with van der Waals surface area (Å²) in [6, 6.07) is 8.69. The van der Waals surface area contributed by atoms with Crippen LogP contribution in [0.25, 0.3) is 0 Å². The molecule has 1 aromatic heterocycles. The van der Waals surface area contributed by atoms with Crippen molar-refractivity contribution in [1.82, 2.24) is 10.3 Å². The number of carboxylic acid groups (broad SMARTS) is 1. The molecule has 0 radical (unpaired) electrons. The lowest BCUT2D eigenvalue weighted by molar-refractivity contribution is -0.139. The van der Waals surface area contributed by atoms with Gasteiger partial charge in [0, 0.05) is 0 Å². The fourth-order valence-corrected chi connectivity index (χ4v) is 2.59. The van der Waals surface area contributed by atoms with Gasteiger partial charge < -0.3 is 10.4 Å². The Kier molecular flexibility index (Phi) is 5.05. The minimum Gasteiger partial charge on any atom is -0.480 e. The predicted molar refractivity (Wildman–Crippen MR) is 80.5 cm³/mol. The van der Waals surface area contributed by atoms with Gasteiger partial charge in [0.25, 0.3) is 5.91 Å². The summed E-state index contributed by atoms with van der Waals surface area (Å²) >= 11 is 1.25. The number of hydrogen-bond acceptors (Lipinski definition) is 4. The highest BCUT2D eigenvalue weighted by Gasteiger charge is 2.21. The maximum Gasteiger partial charge on any atom is 0.326 e. The van der Waals surface area contributed by atoms with Crippen molar-refractivity contribution >= 4 is 23.2 Å². The molecule has 0 bridgehead atoms. The minimum absolute atomic E-state index is 0.350. The van der Waals surface area contributed by atoms with Gasteiger partial charge in [0.15, 0.2) is 0 Å². The van der Waals surface area contributed by atoms with Crippen molar-refractivity contribution in [3.05, 3.63) is 52.0 Å². The summed E-state index contributed by atoms with van der Waals surface area (Å²) in [4.78, 5) is 27.7. The molecule has 6 heteroatoms. The fourth-order valence-electron chi connectivity index (χ4n) is 1.91. The number of nitrogens with one attached hydrogen (secondary N) is 1. The molecule has 0 unspecified atom stereocenters. The number of amides is 1. The average molecular weight is 304 g/mol. The third kappa shape index (κ3) is 4.39. The normalized spacial score (nSPS) is 11.9. The van der Waals surface area contributed by atoms with Gasteiger partial charge in [0.2, 0.25) is 0 Å². The van der Waals surface area contributed by atoms with Gasteiger partial charge in [-0.2, -0.15) is 0 Å². The van der Waals surface area contributed by atoms with E-state index < -0.39 is 12.0 Å². The number of benzene rings is 1. The summed E-state index contributed by atoms with van der Waals surface area (Å²) in [5.41, 5.74) is 1.05. The van der Waals surface area contributed by atoms with Crippen LogP contribution in [0.15, 0.2) is 36.5 Å². The molecule has 2 rings (SSSR count). The van der Waals surface area contributed by atoms with Gasteiger partial charge in [-0.15, -0.1) is 11.3 Å². The Morgan fingerprint density at radius 1 is 1.33 bits per heavy atom. The van der Waals surface area contributed by atoms with E-state index in [4.69, 9.17) is 0 Å². The quantitative estimate of drug-likeness (QED) is 0.858. The number of carbonyl (C=O) groups excluding carboxylic acids is 1. The largest absolute Gasteiger partial charge is 0.480 e. The monoisotopic (exact) mass is 304 g/mol. The number of aliphatic carboxylic acids is 1. The Bertz CT molecular complexity index is 625. The predicted octanol–water partition coefficient (Wildman–Crippen LogP) is 2.27. The lowest BCUT2D eigenvalue weighted by Gasteiger charge is -2.13. The van der Waals surface area contributed by atoms with E-state index in [9.17, 15) is 14.7 Å². The lowest BCUT2D eigenvalue weighted by Crippen LogP contribution is -2.40. The van der Waals surface area contributed by atoms with Crippen molar-refractivity contribution in [2.24, 2.45) is 0 Å². The van der Waals surface area contributed by atoms with E-state index in [0.29, 0.717) is 17.7 Å². The molecule has 2 N–H and O–H groups in total. The van der Waals surface area contributed by atoms with Crippen molar-refractivity contribution in [3.63, 3.8) is 0 Å². The van der Waals surface area contributed by atoms with E-state index in [1.807, 2.05) is 30.3 Å². The molecular weight excluding hydrogens is 288 g/mol. The standard InChI is InChI=1S/C15H16N2O3S/c1-10-16-9-13(21-10)14(18)17-12(15(19)20)8-7-11-5-3-2-4-6-11/h2-6,9,12H,7-8H2,1H3,(H,17,18)(H,19,20)/t12-/m0/s1. The topological polar surface area (TPSA) is 79.3 Å². The van der Waals surface area contributed by atoms with E-state index in [-0.39, 0.29) is 5.91 Å². The summed E-state index contributed by atoms with van der Waals surface area (Å²) in [6.07, 6.45) is 2.41. The van der Waals surface area contributed by atoms with Gasteiger partial charge in [-0.1, -0.05) is 30.3 Å². The number of carbonyl (C=O) groups is 2. The number of thiazole rings is 1. The first-order valence-electron chi connectivity index (χ1n) is 6.56. The van der Waals surface area contributed by atoms with Crippen LogP contribution < -0.4 is 5.32 Å². The first-order chi connectivity index (χ1) is 10.1. The number of hydrogen-bond donors (Lipinski definition) is 2. The molecule has 0 saturated heterocycles. The highest BCUT2D eigenvalue weighted by Crippen LogP contribution is 2.12. The summed E-state index contributed by atoms with van der Waals surface area (Å²) < 4.78 is 0. The van der Waals surface area contributed by atoms with E-state index in [2.05, 4.69) is 10.3 Å². The average Bonchev–Trinajstić information content (AvgIpc) is 2.90. The second-order valence-corrected chi connectivity index (χ2v) is 5.87. The van der Waals surface area contributed by atoms with Crippen molar-refractivity contribution in [2.75, 3.05) is 0 Å². The van der Waals surface area contributed by atoms with Crippen LogP contribution in [-0.2, 0) is 11.2 Å². The van der Waals surface area contributed by atoms with Crippen LogP contribution in [0.4, 0.5) is 0 Å². The maximum atomic E-state index is 12.0.